The first-order chi connectivity index (χ1) is 28.0. The van der Waals surface area contributed by atoms with Crippen LogP contribution < -0.4 is 20.9 Å². The van der Waals surface area contributed by atoms with Crippen molar-refractivity contribution in [3.05, 3.63) is 82.3 Å². The predicted molar refractivity (Wildman–Crippen MR) is 212 cm³/mol. The molecule has 58 heavy (non-hydrogen) atoms. The summed E-state index contributed by atoms with van der Waals surface area (Å²) in [6.07, 6.45) is 6.23. The summed E-state index contributed by atoms with van der Waals surface area (Å²) in [6.45, 7) is 6.54. The molecule has 9 rings (SSSR count). The lowest BCUT2D eigenvalue weighted by atomic mass is 9.87. The van der Waals surface area contributed by atoms with Gasteiger partial charge in [0, 0.05) is 70.9 Å². The molecule has 5 saturated heterocycles. The van der Waals surface area contributed by atoms with Crippen LogP contribution in [0.4, 0.5) is 16.3 Å². The Morgan fingerprint density at radius 1 is 0.828 bits per heavy atom. The van der Waals surface area contributed by atoms with E-state index in [-0.39, 0.29) is 36.2 Å². The van der Waals surface area contributed by atoms with Crippen LogP contribution in [0, 0.1) is 0 Å². The molecule has 2 aromatic carbocycles. The maximum atomic E-state index is 13.3. The van der Waals surface area contributed by atoms with E-state index in [0.717, 1.165) is 87.6 Å². The molecule has 1 aromatic heterocycles. The van der Waals surface area contributed by atoms with Gasteiger partial charge in [0.2, 0.25) is 11.8 Å². The number of amides is 7. The molecule has 3 N–H and O–H groups in total. The van der Waals surface area contributed by atoms with Crippen LogP contribution in [-0.4, -0.2) is 143 Å². The summed E-state index contributed by atoms with van der Waals surface area (Å²) in [5.74, 6) is -1.47. The Kier molecular flexibility index (Phi) is 9.82. The number of carbonyl (C=O) groups excluding carboxylic acids is 6. The second-order valence-electron chi connectivity index (χ2n) is 16.5. The second kappa shape index (κ2) is 15.1. The van der Waals surface area contributed by atoms with E-state index < -0.39 is 35.6 Å². The summed E-state index contributed by atoms with van der Waals surface area (Å²) < 4.78 is 0. The predicted octanol–water partition coefficient (Wildman–Crippen LogP) is 1.97. The zero-order valence-electron chi connectivity index (χ0n) is 32.6. The topological polar surface area (TPSA) is 186 Å². The van der Waals surface area contributed by atoms with Crippen LogP contribution in [0.5, 0.6) is 0 Å². The fourth-order valence-electron chi connectivity index (χ4n) is 9.57. The Morgan fingerprint density at radius 2 is 1.57 bits per heavy atom. The Hall–Kier alpha value is -5.90. The van der Waals surface area contributed by atoms with Crippen LogP contribution in [0.3, 0.4) is 0 Å². The molecule has 0 bridgehead atoms. The highest BCUT2D eigenvalue weighted by atomic mass is 16.2. The molecular formula is C42H48N10O6. The third-order valence-electron chi connectivity index (χ3n) is 13.0. The zero-order chi connectivity index (χ0) is 40.2. The lowest BCUT2D eigenvalue weighted by Gasteiger charge is -2.48. The number of imide groups is 2. The molecule has 0 saturated carbocycles. The van der Waals surface area contributed by atoms with Crippen molar-refractivity contribution in [1.29, 1.82) is 0 Å². The van der Waals surface area contributed by atoms with Crippen LogP contribution in [-0.2, 0) is 16.0 Å². The average Bonchev–Trinajstić information content (AvgIpc) is 3.67. The summed E-state index contributed by atoms with van der Waals surface area (Å²) >= 11 is 0. The molecule has 3 aromatic rings. The number of nitrogens with zero attached hydrogens (tertiary/aromatic N) is 8. The highest BCUT2D eigenvalue weighted by Gasteiger charge is 2.45. The van der Waals surface area contributed by atoms with Gasteiger partial charge in [-0.15, -0.1) is 0 Å². The number of likely N-dealkylation sites (N-methyl/N-ethyl adjacent to an activating group) is 1. The number of anilines is 2. The fourth-order valence-corrected chi connectivity index (χ4v) is 9.57. The number of nitrogens with two attached hydrogens (primary N) is 1. The number of nitrogens with one attached hydrogen (secondary N) is 1. The van der Waals surface area contributed by atoms with Crippen LogP contribution in [0.25, 0.3) is 0 Å². The number of piperidine rings is 3. The minimum atomic E-state index is -0.978. The van der Waals surface area contributed by atoms with Crippen LogP contribution in [0.1, 0.15) is 92.5 Å². The molecule has 302 valence electrons. The van der Waals surface area contributed by atoms with E-state index in [1.54, 1.807) is 23.2 Å². The first-order valence-corrected chi connectivity index (χ1v) is 20.4. The molecule has 7 heterocycles. The molecule has 1 unspecified atom stereocenters. The standard InChI is InChI=1S/C42H48N10O6/c1-47-17-18-51(42(47)58)29-3-2-14-49(22-29)35-21-44-37(38(43)54)33(45-35)19-25-4-6-26(7-5-25)27-12-15-48(16-13-27)30-23-50(24-30)28-8-9-31-32(20-28)41(57)52(40(31)56)34-10-11-36(53)46-39(34)55/h4-9,20-21,27,29-30,34H,2-3,10-19,22-24H2,1H3,(H2,43,54)(H,46,53,55)/t29-,34?/m1/s1. The molecule has 7 amide bonds. The number of hydrogen-bond donors (Lipinski definition) is 2. The van der Waals surface area contributed by atoms with E-state index in [9.17, 15) is 28.8 Å². The molecule has 5 fully saturated rings. The number of fused-ring (bicyclic) bond motifs is 1. The number of aromatic nitrogens is 2. The molecule has 16 nitrogen and oxygen atoms in total. The quantitative estimate of drug-likeness (QED) is 0.302. The highest BCUT2D eigenvalue weighted by Crippen LogP contribution is 2.35. The van der Waals surface area contributed by atoms with E-state index in [0.29, 0.717) is 42.0 Å². The number of benzene rings is 2. The number of carbonyl (C=O) groups is 6. The first-order valence-electron chi connectivity index (χ1n) is 20.4. The van der Waals surface area contributed by atoms with Crippen LogP contribution in [0.2, 0.25) is 0 Å². The molecule has 0 spiro atoms. The molecular weight excluding hydrogens is 741 g/mol. The van der Waals surface area contributed by atoms with Crippen molar-refractivity contribution >= 4 is 47.1 Å². The van der Waals surface area contributed by atoms with Gasteiger partial charge in [0.25, 0.3) is 17.7 Å². The van der Waals surface area contributed by atoms with Gasteiger partial charge in [-0.2, -0.15) is 0 Å². The van der Waals surface area contributed by atoms with Crippen molar-refractivity contribution in [2.45, 2.75) is 69.0 Å². The summed E-state index contributed by atoms with van der Waals surface area (Å²) in [5.41, 5.74) is 10.2. The first kappa shape index (κ1) is 37.7. The molecule has 16 heteroatoms. The maximum Gasteiger partial charge on any atom is 0.320 e. The summed E-state index contributed by atoms with van der Waals surface area (Å²) in [4.78, 5) is 96.6. The number of urea groups is 1. The monoisotopic (exact) mass is 788 g/mol. The summed E-state index contributed by atoms with van der Waals surface area (Å²) in [5, 5.41) is 2.24. The smallest absolute Gasteiger partial charge is 0.320 e. The van der Waals surface area contributed by atoms with E-state index in [1.807, 2.05) is 18.0 Å². The van der Waals surface area contributed by atoms with Gasteiger partial charge in [-0.3, -0.25) is 39.1 Å². The Labute approximate surface area is 336 Å². The van der Waals surface area contributed by atoms with E-state index in [1.165, 1.54) is 5.56 Å². The third-order valence-corrected chi connectivity index (χ3v) is 13.0. The maximum absolute atomic E-state index is 13.3. The minimum absolute atomic E-state index is 0.0688. The van der Waals surface area contributed by atoms with E-state index in [2.05, 4.69) is 49.3 Å². The van der Waals surface area contributed by atoms with Crippen molar-refractivity contribution in [2.75, 3.05) is 69.2 Å². The van der Waals surface area contributed by atoms with Crippen molar-refractivity contribution in [2.24, 2.45) is 5.73 Å². The van der Waals surface area contributed by atoms with Gasteiger partial charge in [-0.1, -0.05) is 24.3 Å². The lowest BCUT2D eigenvalue weighted by molar-refractivity contribution is -0.136. The summed E-state index contributed by atoms with van der Waals surface area (Å²) in [6, 6.07) is 13.5. The Morgan fingerprint density at radius 3 is 2.28 bits per heavy atom. The van der Waals surface area contributed by atoms with Crippen molar-refractivity contribution < 1.29 is 28.8 Å². The number of likely N-dealkylation sites (tertiary alicyclic amines) is 1. The van der Waals surface area contributed by atoms with Crippen molar-refractivity contribution in [3.8, 4) is 0 Å². The number of hydrogen-bond acceptors (Lipinski definition) is 11. The third kappa shape index (κ3) is 6.92. The normalized spacial score (nSPS) is 23.5. The number of rotatable bonds is 9. The van der Waals surface area contributed by atoms with Gasteiger partial charge in [0.05, 0.1) is 29.1 Å². The highest BCUT2D eigenvalue weighted by molar-refractivity contribution is 6.23. The van der Waals surface area contributed by atoms with Gasteiger partial charge >= 0.3 is 6.03 Å². The van der Waals surface area contributed by atoms with Gasteiger partial charge < -0.3 is 25.3 Å². The second-order valence-corrected chi connectivity index (χ2v) is 16.5. The summed E-state index contributed by atoms with van der Waals surface area (Å²) in [7, 11) is 1.84. The number of primary amides is 1. The van der Waals surface area contributed by atoms with E-state index in [4.69, 9.17) is 10.7 Å². The molecule has 2 atom stereocenters. The van der Waals surface area contributed by atoms with Crippen LogP contribution in [0.15, 0.2) is 48.7 Å². The van der Waals surface area contributed by atoms with E-state index >= 15 is 0 Å². The fraction of sp³-hybridized carbons (Fsp3) is 0.476. The van der Waals surface area contributed by atoms with Crippen molar-refractivity contribution in [1.82, 2.24) is 34.9 Å². The molecule has 6 aliphatic rings. The Bertz CT molecular complexity index is 2180. The van der Waals surface area contributed by atoms with Gasteiger partial charge in [0.15, 0.2) is 0 Å². The lowest BCUT2D eigenvalue weighted by Crippen LogP contribution is -2.60. The molecule has 6 aliphatic heterocycles. The zero-order valence-corrected chi connectivity index (χ0v) is 32.6. The largest absolute Gasteiger partial charge is 0.368 e. The van der Waals surface area contributed by atoms with Crippen molar-refractivity contribution in [3.63, 3.8) is 0 Å². The van der Waals surface area contributed by atoms with Gasteiger partial charge in [-0.25, -0.2) is 14.8 Å². The minimum Gasteiger partial charge on any atom is -0.368 e. The van der Waals surface area contributed by atoms with Gasteiger partial charge in [-0.05, 0) is 80.4 Å². The average molecular weight is 789 g/mol. The van der Waals surface area contributed by atoms with Gasteiger partial charge in [0.1, 0.15) is 17.6 Å². The van der Waals surface area contributed by atoms with Crippen LogP contribution >= 0.6 is 0 Å². The Balaban J connectivity index is 0.782. The molecule has 0 aliphatic carbocycles. The SMILES string of the molecule is CN1CCN([C@@H]2CCCN(c3cnc(C(N)=O)c(Cc4ccc(C5CCN(C6CN(c7ccc8c(c7)C(=O)N(C7CCC(=O)NC7=O)C8=O)C6)CC5)cc4)n3)C2)C1=O. The molecule has 0 radical (unpaired) electrons.